The molecule has 0 radical (unpaired) electrons. The summed E-state index contributed by atoms with van der Waals surface area (Å²) in [6.07, 6.45) is 3.71. The summed E-state index contributed by atoms with van der Waals surface area (Å²) in [5.41, 5.74) is 0.842. The maximum atomic E-state index is 12.1. The largest absolute Gasteiger partial charge is 0.359 e. The number of hydrogen-bond acceptors (Lipinski definition) is 4. The van der Waals surface area contributed by atoms with Crippen molar-refractivity contribution in [3.8, 4) is 0 Å². The van der Waals surface area contributed by atoms with Crippen LogP contribution in [-0.4, -0.2) is 23.7 Å². The number of hydrogen-bond donors (Lipinski definition) is 2. The minimum Gasteiger partial charge on any atom is -0.359 e. The van der Waals surface area contributed by atoms with Crippen LogP contribution in [0.3, 0.4) is 0 Å². The van der Waals surface area contributed by atoms with E-state index in [1.807, 2.05) is 13.0 Å². The zero-order valence-electron chi connectivity index (χ0n) is 10.6. The maximum absolute atomic E-state index is 12.1. The van der Waals surface area contributed by atoms with Gasteiger partial charge < -0.3 is 15.2 Å². The summed E-state index contributed by atoms with van der Waals surface area (Å²) >= 11 is 0. The van der Waals surface area contributed by atoms with Gasteiger partial charge in [0.1, 0.15) is 0 Å². The second-order valence-corrected chi connectivity index (χ2v) is 5.39. The Bertz CT molecular complexity index is 443. The lowest BCUT2D eigenvalue weighted by molar-refractivity contribution is -0.124. The lowest BCUT2D eigenvalue weighted by Gasteiger charge is -2.17. The second-order valence-electron chi connectivity index (χ2n) is 5.39. The molecule has 0 bridgehead atoms. The van der Waals surface area contributed by atoms with Gasteiger partial charge in [-0.15, -0.1) is 0 Å². The molecule has 1 saturated heterocycles. The number of carbonyl (C=O) groups excluding carboxylic acids is 1. The molecule has 2 aliphatic rings. The summed E-state index contributed by atoms with van der Waals surface area (Å²) < 4.78 is 5.08. The van der Waals surface area contributed by atoms with Crippen LogP contribution in [0, 0.1) is 18.8 Å². The van der Waals surface area contributed by atoms with Crippen molar-refractivity contribution >= 4 is 5.91 Å². The van der Waals surface area contributed by atoms with Crippen molar-refractivity contribution in [2.24, 2.45) is 11.8 Å². The Hall–Kier alpha value is -1.36. The zero-order chi connectivity index (χ0) is 12.5. The Balaban J connectivity index is 1.55. The highest BCUT2D eigenvalue weighted by Crippen LogP contribution is 2.37. The van der Waals surface area contributed by atoms with E-state index < -0.39 is 0 Å². The highest BCUT2D eigenvalue weighted by atomic mass is 16.5. The molecular formula is C13H19N3O2. The van der Waals surface area contributed by atoms with E-state index in [1.54, 1.807) is 0 Å². The third-order valence-electron chi connectivity index (χ3n) is 4.14. The van der Waals surface area contributed by atoms with E-state index in [1.165, 1.54) is 19.3 Å². The fourth-order valence-corrected chi connectivity index (χ4v) is 3.26. The summed E-state index contributed by atoms with van der Waals surface area (Å²) in [6, 6.07) is 1.84. The van der Waals surface area contributed by atoms with Crippen LogP contribution in [0.4, 0.5) is 0 Å². The number of carbonyl (C=O) groups is 1. The lowest BCUT2D eigenvalue weighted by atomic mass is 9.93. The fourth-order valence-electron chi connectivity index (χ4n) is 3.26. The monoisotopic (exact) mass is 249 g/mol. The van der Waals surface area contributed by atoms with E-state index >= 15 is 0 Å². The van der Waals surface area contributed by atoms with E-state index in [0.29, 0.717) is 24.1 Å². The van der Waals surface area contributed by atoms with E-state index in [0.717, 1.165) is 12.2 Å². The topological polar surface area (TPSA) is 67.2 Å². The number of fused-ring (bicyclic) bond motifs is 1. The van der Waals surface area contributed by atoms with E-state index in [-0.39, 0.29) is 11.9 Å². The molecule has 1 amide bonds. The van der Waals surface area contributed by atoms with Gasteiger partial charge in [0.05, 0.1) is 18.3 Å². The molecular weight excluding hydrogens is 230 g/mol. The second kappa shape index (κ2) is 4.72. The lowest BCUT2D eigenvalue weighted by Crippen LogP contribution is -2.43. The van der Waals surface area contributed by atoms with Gasteiger partial charge >= 0.3 is 0 Å². The van der Waals surface area contributed by atoms with Crippen molar-refractivity contribution in [3.63, 3.8) is 0 Å². The normalized spacial score (nSPS) is 30.4. The third kappa shape index (κ3) is 2.14. The molecule has 1 aromatic rings. The van der Waals surface area contributed by atoms with Crippen molar-refractivity contribution in [1.29, 1.82) is 0 Å². The molecule has 1 aliphatic carbocycles. The van der Waals surface area contributed by atoms with Gasteiger partial charge in [-0.1, -0.05) is 11.6 Å². The standard InChI is InChI=1S/C13H19N3O2/c1-8-5-10(18-16-8)7-15-13(17)12-11-4-2-3-9(11)6-14-12/h5,9,11-12,14H,2-4,6-7H2,1H3,(H,15,17). The fraction of sp³-hybridized carbons (Fsp3) is 0.692. The Morgan fingerprint density at radius 2 is 2.50 bits per heavy atom. The Kier molecular flexibility index (Phi) is 3.07. The molecule has 3 unspecified atom stereocenters. The highest BCUT2D eigenvalue weighted by Gasteiger charge is 2.42. The van der Waals surface area contributed by atoms with Crippen LogP contribution in [0.2, 0.25) is 0 Å². The van der Waals surface area contributed by atoms with E-state index in [2.05, 4.69) is 15.8 Å². The molecule has 1 aliphatic heterocycles. The molecule has 0 spiro atoms. The number of aryl methyl sites for hydroxylation is 1. The van der Waals surface area contributed by atoms with E-state index in [9.17, 15) is 4.79 Å². The van der Waals surface area contributed by atoms with Crippen LogP contribution < -0.4 is 10.6 Å². The predicted molar refractivity (Wildman–Crippen MR) is 65.7 cm³/mol. The number of nitrogens with one attached hydrogen (secondary N) is 2. The molecule has 5 nitrogen and oxygen atoms in total. The van der Waals surface area contributed by atoms with E-state index in [4.69, 9.17) is 4.52 Å². The Labute approximate surface area is 106 Å². The van der Waals surface area contributed by atoms with Crippen LogP contribution in [0.5, 0.6) is 0 Å². The van der Waals surface area contributed by atoms with Gasteiger partial charge in [-0.2, -0.15) is 0 Å². The van der Waals surface area contributed by atoms with Gasteiger partial charge in [-0.3, -0.25) is 4.79 Å². The first-order chi connectivity index (χ1) is 8.74. The molecule has 5 heteroatoms. The minimum atomic E-state index is -0.0125. The number of rotatable bonds is 3. The summed E-state index contributed by atoms with van der Waals surface area (Å²) in [4.78, 5) is 12.1. The van der Waals surface area contributed by atoms with Crippen LogP contribution in [0.15, 0.2) is 10.6 Å². The van der Waals surface area contributed by atoms with Crippen molar-refractivity contribution < 1.29 is 9.32 Å². The Morgan fingerprint density at radius 3 is 3.28 bits per heavy atom. The first-order valence-electron chi connectivity index (χ1n) is 6.67. The van der Waals surface area contributed by atoms with Crippen molar-refractivity contribution in [1.82, 2.24) is 15.8 Å². The van der Waals surface area contributed by atoms with Crippen molar-refractivity contribution in [2.45, 2.75) is 38.8 Å². The molecule has 3 rings (SSSR count). The molecule has 18 heavy (non-hydrogen) atoms. The zero-order valence-corrected chi connectivity index (χ0v) is 10.6. The van der Waals surface area contributed by atoms with Crippen molar-refractivity contribution in [2.75, 3.05) is 6.54 Å². The minimum absolute atomic E-state index is 0.0125. The van der Waals surface area contributed by atoms with Crippen LogP contribution in [0.1, 0.15) is 30.7 Å². The maximum Gasteiger partial charge on any atom is 0.237 e. The molecule has 2 N–H and O–H groups in total. The number of amides is 1. The number of nitrogens with zero attached hydrogens (tertiary/aromatic N) is 1. The summed E-state index contributed by atoms with van der Waals surface area (Å²) in [6.45, 7) is 3.29. The molecule has 2 fully saturated rings. The summed E-state index contributed by atoms with van der Waals surface area (Å²) in [5.74, 6) is 2.04. The third-order valence-corrected chi connectivity index (χ3v) is 4.14. The highest BCUT2D eigenvalue weighted by molar-refractivity contribution is 5.82. The van der Waals surface area contributed by atoms with Crippen LogP contribution >= 0.6 is 0 Å². The molecule has 3 atom stereocenters. The van der Waals surface area contributed by atoms with Gasteiger partial charge in [-0.25, -0.2) is 0 Å². The summed E-state index contributed by atoms with van der Waals surface area (Å²) in [5, 5.41) is 10.1. The van der Waals surface area contributed by atoms with Gasteiger partial charge in [0.25, 0.3) is 0 Å². The van der Waals surface area contributed by atoms with Gasteiger partial charge in [0, 0.05) is 6.07 Å². The predicted octanol–water partition coefficient (Wildman–Crippen LogP) is 0.987. The van der Waals surface area contributed by atoms with Crippen molar-refractivity contribution in [3.05, 3.63) is 17.5 Å². The average Bonchev–Trinajstić information content (AvgIpc) is 3.01. The quantitative estimate of drug-likeness (QED) is 0.838. The van der Waals surface area contributed by atoms with Crippen LogP contribution in [-0.2, 0) is 11.3 Å². The molecule has 1 aromatic heterocycles. The van der Waals surface area contributed by atoms with Gasteiger partial charge in [0.2, 0.25) is 5.91 Å². The Morgan fingerprint density at radius 1 is 1.61 bits per heavy atom. The average molecular weight is 249 g/mol. The molecule has 2 heterocycles. The van der Waals surface area contributed by atoms with Gasteiger partial charge in [0.15, 0.2) is 5.76 Å². The molecule has 0 aromatic carbocycles. The molecule has 98 valence electrons. The van der Waals surface area contributed by atoms with Crippen LogP contribution in [0.25, 0.3) is 0 Å². The smallest absolute Gasteiger partial charge is 0.237 e. The number of aromatic nitrogens is 1. The first-order valence-corrected chi connectivity index (χ1v) is 6.67. The SMILES string of the molecule is Cc1cc(CNC(=O)C2NCC3CCCC32)on1. The van der Waals surface area contributed by atoms with Gasteiger partial charge in [-0.05, 0) is 38.1 Å². The summed E-state index contributed by atoms with van der Waals surface area (Å²) in [7, 11) is 0. The molecule has 1 saturated carbocycles. The first kappa shape index (κ1) is 11.7.